The first kappa shape index (κ1) is 20.5. The van der Waals surface area contributed by atoms with Crippen molar-refractivity contribution >= 4 is 34.1 Å². The molecule has 4 aromatic rings. The molecule has 0 aliphatic carbocycles. The third-order valence-electron chi connectivity index (χ3n) is 4.63. The van der Waals surface area contributed by atoms with E-state index in [-0.39, 0.29) is 17.5 Å². The largest absolute Gasteiger partial charge is 0.325 e. The number of rotatable bonds is 6. The highest BCUT2D eigenvalue weighted by Crippen LogP contribution is 2.31. The van der Waals surface area contributed by atoms with Crippen molar-refractivity contribution in [2.45, 2.75) is 11.4 Å². The lowest BCUT2D eigenvalue weighted by atomic mass is 10.1. The standard InChI is InChI=1S/C24H17FN4OS/c25-18-9-7-17(8-10-18)23-20-3-1-2-4-21(20)24(29-28-23)31-15-22(30)27-19-11-5-16(6-12-19)13-14-26/h1-12H,13,15H2,(H,27,30). The number of nitrogens with zero attached hydrogens (tertiary/aromatic N) is 3. The molecule has 5 nitrogen and oxygen atoms in total. The minimum Gasteiger partial charge on any atom is -0.325 e. The maximum atomic E-state index is 13.3. The first-order chi connectivity index (χ1) is 15.1. The molecule has 0 saturated carbocycles. The number of anilines is 1. The first-order valence-corrected chi connectivity index (χ1v) is 10.5. The van der Waals surface area contributed by atoms with Gasteiger partial charge in [-0.25, -0.2) is 4.39 Å². The lowest BCUT2D eigenvalue weighted by molar-refractivity contribution is -0.113. The summed E-state index contributed by atoms with van der Waals surface area (Å²) in [6.45, 7) is 0. The smallest absolute Gasteiger partial charge is 0.234 e. The van der Waals surface area contributed by atoms with Gasteiger partial charge in [0.1, 0.15) is 16.5 Å². The summed E-state index contributed by atoms with van der Waals surface area (Å²) in [6.07, 6.45) is 0.337. The number of halogens is 1. The molecular weight excluding hydrogens is 411 g/mol. The second-order valence-electron chi connectivity index (χ2n) is 6.77. The Labute approximate surface area is 182 Å². The third kappa shape index (κ3) is 4.87. The average Bonchev–Trinajstić information content (AvgIpc) is 2.79. The first-order valence-electron chi connectivity index (χ1n) is 9.54. The van der Waals surface area contributed by atoms with Gasteiger partial charge in [-0.15, -0.1) is 10.2 Å². The van der Waals surface area contributed by atoms with Gasteiger partial charge in [0, 0.05) is 22.0 Å². The molecule has 152 valence electrons. The van der Waals surface area contributed by atoms with E-state index < -0.39 is 0 Å². The molecule has 0 atom stereocenters. The van der Waals surface area contributed by atoms with Crippen LogP contribution in [0.4, 0.5) is 10.1 Å². The van der Waals surface area contributed by atoms with Gasteiger partial charge in [-0.05, 0) is 42.0 Å². The normalized spacial score (nSPS) is 10.6. The molecule has 0 unspecified atom stereocenters. The Morgan fingerprint density at radius 3 is 2.39 bits per heavy atom. The van der Waals surface area contributed by atoms with Crippen LogP contribution in [-0.4, -0.2) is 21.9 Å². The highest BCUT2D eigenvalue weighted by molar-refractivity contribution is 8.00. The molecule has 0 spiro atoms. The predicted molar refractivity (Wildman–Crippen MR) is 120 cm³/mol. The van der Waals surface area contributed by atoms with E-state index in [1.807, 2.05) is 36.4 Å². The van der Waals surface area contributed by atoms with Gasteiger partial charge in [0.2, 0.25) is 5.91 Å². The molecule has 0 aliphatic rings. The highest BCUT2D eigenvalue weighted by Gasteiger charge is 2.13. The quantitative estimate of drug-likeness (QED) is 0.425. The summed E-state index contributed by atoms with van der Waals surface area (Å²) in [6, 6.07) is 23.1. The Morgan fingerprint density at radius 2 is 1.68 bits per heavy atom. The van der Waals surface area contributed by atoms with Crippen LogP contribution in [0.1, 0.15) is 5.56 Å². The molecule has 1 heterocycles. The van der Waals surface area contributed by atoms with Gasteiger partial charge in [0.25, 0.3) is 0 Å². The van der Waals surface area contributed by atoms with Crippen molar-refractivity contribution in [3.8, 4) is 17.3 Å². The van der Waals surface area contributed by atoms with Crippen molar-refractivity contribution in [2.24, 2.45) is 0 Å². The zero-order valence-electron chi connectivity index (χ0n) is 16.4. The van der Waals surface area contributed by atoms with Crippen molar-refractivity contribution in [2.75, 3.05) is 11.1 Å². The summed E-state index contributed by atoms with van der Waals surface area (Å²) in [5.41, 5.74) is 3.02. The van der Waals surface area contributed by atoms with E-state index >= 15 is 0 Å². The van der Waals surface area contributed by atoms with Crippen LogP contribution in [0.15, 0.2) is 77.8 Å². The van der Waals surface area contributed by atoms with Gasteiger partial charge in [0.05, 0.1) is 18.2 Å². The molecule has 0 aliphatic heterocycles. The van der Waals surface area contributed by atoms with Crippen LogP contribution in [0.3, 0.4) is 0 Å². The van der Waals surface area contributed by atoms with Gasteiger partial charge < -0.3 is 5.32 Å². The Balaban J connectivity index is 1.50. The van der Waals surface area contributed by atoms with Crippen LogP contribution in [0.5, 0.6) is 0 Å². The predicted octanol–water partition coefficient (Wildman–Crippen LogP) is 5.23. The number of nitrogens with one attached hydrogen (secondary N) is 1. The van der Waals surface area contributed by atoms with Crippen molar-refractivity contribution in [1.29, 1.82) is 5.26 Å². The highest BCUT2D eigenvalue weighted by atomic mass is 32.2. The van der Waals surface area contributed by atoms with Crippen LogP contribution < -0.4 is 5.32 Å². The summed E-state index contributed by atoms with van der Waals surface area (Å²) in [7, 11) is 0. The minimum absolute atomic E-state index is 0.161. The van der Waals surface area contributed by atoms with E-state index in [4.69, 9.17) is 5.26 Å². The average molecular weight is 428 g/mol. The Morgan fingerprint density at radius 1 is 0.968 bits per heavy atom. The van der Waals surface area contributed by atoms with Crippen molar-refractivity contribution in [3.63, 3.8) is 0 Å². The molecule has 1 N–H and O–H groups in total. The van der Waals surface area contributed by atoms with Crippen LogP contribution in [0.25, 0.3) is 22.0 Å². The summed E-state index contributed by atoms with van der Waals surface area (Å²) in [5, 5.41) is 22.7. The molecule has 3 aromatic carbocycles. The molecule has 1 aromatic heterocycles. The van der Waals surface area contributed by atoms with E-state index in [0.29, 0.717) is 22.8 Å². The molecule has 0 radical (unpaired) electrons. The monoisotopic (exact) mass is 428 g/mol. The van der Waals surface area contributed by atoms with Gasteiger partial charge in [-0.2, -0.15) is 5.26 Å². The van der Waals surface area contributed by atoms with Gasteiger partial charge >= 0.3 is 0 Å². The van der Waals surface area contributed by atoms with Crippen LogP contribution in [0.2, 0.25) is 0 Å². The molecule has 0 saturated heterocycles. The maximum Gasteiger partial charge on any atom is 0.234 e. The lowest BCUT2D eigenvalue weighted by Crippen LogP contribution is -2.14. The number of nitriles is 1. The second kappa shape index (κ2) is 9.37. The van der Waals surface area contributed by atoms with Crippen molar-refractivity contribution in [1.82, 2.24) is 10.2 Å². The Bertz CT molecular complexity index is 1270. The van der Waals surface area contributed by atoms with Crippen LogP contribution >= 0.6 is 11.8 Å². The van der Waals surface area contributed by atoms with Crippen LogP contribution in [0, 0.1) is 17.1 Å². The topological polar surface area (TPSA) is 78.7 Å². The summed E-state index contributed by atoms with van der Waals surface area (Å²) < 4.78 is 13.3. The molecule has 7 heteroatoms. The number of thioether (sulfide) groups is 1. The lowest BCUT2D eigenvalue weighted by Gasteiger charge is -2.10. The maximum absolute atomic E-state index is 13.3. The SMILES string of the molecule is N#CCc1ccc(NC(=O)CSc2nnc(-c3ccc(F)cc3)c3ccccc23)cc1. The summed E-state index contributed by atoms with van der Waals surface area (Å²) in [4.78, 5) is 12.4. The van der Waals surface area contributed by atoms with Gasteiger partial charge in [-0.3, -0.25) is 4.79 Å². The van der Waals surface area contributed by atoms with E-state index in [9.17, 15) is 9.18 Å². The number of amides is 1. The molecule has 4 rings (SSSR count). The number of benzene rings is 3. The molecule has 0 fully saturated rings. The molecule has 31 heavy (non-hydrogen) atoms. The fourth-order valence-electron chi connectivity index (χ4n) is 3.14. The number of carbonyl (C=O) groups excluding carboxylic acids is 1. The van der Waals surface area contributed by atoms with E-state index in [2.05, 4.69) is 21.6 Å². The number of carbonyl (C=O) groups is 1. The van der Waals surface area contributed by atoms with Crippen molar-refractivity contribution in [3.05, 3.63) is 84.2 Å². The third-order valence-corrected chi connectivity index (χ3v) is 5.61. The number of hydrogen-bond acceptors (Lipinski definition) is 5. The van der Waals surface area contributed by atoms with Crippen molar-refractivity contribution < 1.29 is 9.18 Å². The molecule has 0 bridgehead atoms. The number of aromatic nitrogens is 2. The summed E-state index contributed by atoms with van der Waals surface area (Å²) >= 11 is 1.31. The van der Waals surface area contributed by atoms with Crippen LogP contribution in [-0.2, 0) is 11.2 Å². The Hall–Kier alpha value is -3.76. The van der Waals surface area contributed by atoms with E-state index in [1.165, 1.54) is 23.9 Å². The fourth-order valence-corrected chi connectivity index (χ4v) is 3.91. The zero-order chi connectivity index (χ0) is 21.6. The Kier molecular flexibility index (Phi) is 6.20. The van der Waals surface area contributed by atoms with E-state index in [0.717, 1.165) is 21.9 Å². The molecular formula is C24H17FN4OS. The zero-order valence-corrected chi connectivity index (χ0v) is 17.2. The minimum atomic E-state index is -0.307. The molecule has 1 amide bonds. The summed E-state index contributed by atoms with van der Waals surface area (Å²) in [5.74, 6) is -0.292. The number of hydrogen-bond donors (Lipinski definition) is 1. The number of fused-ring (bicyclic) bond motifs is 1. The van der Waals surface area contributed by atoms with Gasteiger partial charge in [0.15, 0.2) is 0 Å². The fraction of sp³-hybridized carbons (Fsp3) is 0.0833. The van der Waals surface area contributed by atoms with E-state index in [1.54, 1.807) is 24.3 Å². The second-order valence-corrected chi connectivity index (χ2v) is 7.74. The van der Waals surface area contributed by atoms with Gasteiger partial charge in [-0.1, -0.05) is 48.2 Å².